The van der Waals surface area contributed by atoms with Crippen LogP contribution in [0.2, 0.25) is 0 Å². The van der Waals surface area contributed by atoms with Crippen molar-refractivity contribution in [1.29, 1.82) is 0 Å². The van der Waals surface area contributed by atoms with Gasteiger partial charge in [0.25, 0.3) is 5.91 Å². The minimum atomic E-state index is -0.923. The second-order valence-electron chi connectivity index (χ2n) is 4.69. The Morgan fingerprint density at radius 2 is 2.05 bits per heavy atom. The molecule has 1 aromatic heterocycles. The first-order valence-corrected chi connectivity index (χ1v) is 6.54. The first-order chi connectivity index (χ1) is 9.52. The molecule has 0 radical (unpaired) electrons. The van der Waals surface area contributed by atoms with Gasteiger partial charge in [-0.05, 0) is 26.0 Å². The smallest absolute Gasteiger partial charge is 0.305 e. The van der Waals surface area contributed by atoms with Crippen LogP contribution in [0.1, 0.15) is 30.8 Å². The van der Waals surface area contributed by atoms with Gasteiger partial charge in [-0.1, -0.05) is 18.2 Å². The molecule has 1 N–H and O–H groups in total. The lowest BCUT2D eigenvalue weighted by Crippen LogP contribution is -2.39. The Balaban J connectivity index is 2.25. The largest absolute Gasteiger partial charge is 0.481 e. The van der Waals surface area contributed by atoms with E-state index in [4.69, 9.17) is 9.52 Å². The third kappa shape index (κ3) is 2.82. The number of carboxylic acids is 1. The van der Waals surface area contributed by atoms with Crippen LogP contribution in [0.25, 0.3) is 11.0 Å². The summed E-state index contributed by atoms with van der Waals surface area (Å²) >= 11 is 0. The molecule has 2 rings (SSSR count). The van der Waals surface area contributed by atoms with Gasteiger partial charge >= 0.3 is 5.97 Å². The highest BCUT2D eigenvalue weighted by atomic mass is 16.4. The number of carboxylic acid groups (broad SMARTS) is 1. The quantitative estimate of drug-likeness (QED) is 0.910. The van der Waals surface area contributed by atoms with E-state index in [9.17, 15) is 9.59 Å². The van der Waals surface area contributed by atoms with Crippen LogP contribution in [-0.2, 0) is 4.79 Å². The predicted octanol–water partition coefficient (Wildman–Crippen LogP) is 2.76. The molecular weight excluding hydrogens is 258 g/mol. The lowest BCUT2D eigenvalue weighted by Gasteiger charge is -2.25. The SMILES string of the molecule is CCN(C(=O)c1cc2ccccc2o1)C(C)CC(=O)O. The molecular formula is C15H17NO4. The standard InChI is InChI=1S/C15H17NO4/c1-3-16(10(2)8-14(17)18)15(19)13-9-11-6-4-5-7-12(11)20-13/h4-7,9-10H,3,8H2,1-2H3,(H,17,18). The number of benzene rings is 1. The van der Waals surface area contributed by atoms with E-state index < -0.39 is 5.97 Å². The van der Waals surface area contributed by atoms with E-state index in [2.05, 4.69) is 0 Å². The number of amides is 1. The number of hydrogen-bond donors (Lipinski definition) is 1. The van der Waals surface area contributed by atoms with Crippen LogP contribution in [-0.4, -0.2) is 34.5 Å². The molecule has 106 valence electrons. The minimum Gasteiger partial charge on any atom is -0.481 e. The summed E-state index contributed by atoms with van der Waals surface area (Å²) in [5.74, 6) is -0.962. The molecule has 5 nitrogen and oxygen atoms in total. The van der Waals surface area contributed by atoms with Gasteiger partial charge in [-0.2, -0.15) is 0 Å². The molecule has 1 unspecified atom stereocenters. The summed E-state index contributed by atoms with van der Waals surface area (Å²) in [4.78, 5) is 24.7. The van der Waals surface area contributed by atoms with Crippen LogP contribution in [0.15, 0.2) is 34.7 Å². The highest BCUT2D eigenvalue weighted by Gasteiger charge is 2.24. The Morgan fingerprint density at radius 3 is 2.65 bits per heavy atom. The van der Waals surface area contributed by atoms with Crippen molar-refractivity contribution in [3.8, 4) is 0 Å². The lowest BCUT2D eigenvalue weighted by molar-refractivity contribution is -0.138. The maximum Gasteiger partial charge on any atom is 0.305 e. The Labute approximate surface area is 116 Å². The van der Waals surface area contributed by atoms with E-state index >= 15 is 0 Å². The van der Waals surface area contributed by atoms with Gasteiger partial charge in [0.15, 0.2) is 5.76 Å². The number of nitrogens with zero attached hydrogens (tertiary/aromatic N) is 1. The Bertz CT molecular complexity index is 599. The van der Waals surface area contributed by atoms with Crippen molar-refractivity contribution < 1.29 is 19.1 Å². The van der Waals surface area contributed by atoms with Gasteiger partial charge in [-0.3, -0.25) is 9.59 Å². The molecule has 0 aliphatic rings. The summed E-state index contributed by atoms with van der Waals surface area (Å²) in [6, 6.07) is 8.68. The van der Waals surface area contributed by atoms with E-state index in [0.717, 1.165) is 5.39 Å². The Hall–Kier alpha value is -2.30. The van der Waals surface area contributed by atoms with Crippen molar-refractivity contribution in [1.82, 2.24) is 4.90 Å². The zero-order chi connectivity index (χ0) is 14.7. The van der Waals surface area contributed by atoms with Crippen LogP contribution in [0.4, 0.5) is 0 Å². The van der Waals surface area contributed by atoms with E-state index in [1.807, 2.05) is 25.1 Å². The predicted molar refractivity (Wildman–Crippen MR) is 74.6 cm³/mol. The number of fused-ring (bicyclic) bond motifs is 1. The summed E-state index contributed by atoms with van der Waals surface area (Å²) < 4.78 is 5.53. The molecule has 0 fully saturated rings. The molecule has 0 bridgehead atoms. The first-order valence-electron chi connectivity index (χ1n) is 6.54. The first kappa shape index (κ1) is 14.1. The molecule has 1 amide bonds. The number of rotatable bonds is 5. The molecule has 2 aromatic rings. The highest BCUT2D eigenvalue weighted by Crippen LogP contribution is 2.21. The second-order valence-corrected chi connectivity index (χ2v) is 4.69. The minimum absolute atomic E-state index is 0.0835. The van der Waals surface area contributed by atoms with Gasteiger partial charge in [0.05, 0.1) is 6.42 Å². The summed E-state index contributed by atoms with van der Waals surface area (Å²) in [5.41, 5.74) is 0.651. The third-order valence-corrected chi connectivity index (χ3v) is 3.24. The molecule has 0 saturated heterocycles. The Kier molecular flexibility index (Phi) is 4.08. The Morgan fingerprint density at radius 1 is 1.35 bits per heavy atom. The van der Waals surface area contributed by atoms with Crippen LogP contribution in [0.3, 0.4) is 0 Å². The van der Waals surface area contributed by atoms with Crippen molar-refractivity contribution in [2.75, 3.05) is 6.54 Å². The number of hydrogen-bond acceptors (Lipinski definition) is 3. The zero-order valence-corrected chi connectivity index (χ0v) is 11.5. The van der Waals surface area contributed by atoms with Crippen molar-refractivity contribution in [3.63, 3.8) is 0 Å². The topological polar surface area (TPSA) is 70.8 Å². The molecule has 1 atom stereocenters. The van der Waals surface area contributed by atoms with Gasteiger partial charge in [0.2, 0.25) is 0 Å². The highest BCUT2D eigenvalue weighted by molar-refractivity contribution is 5.96. The van der Waals surface area contributed by atoms with E-state index in [-0.39, 0.29) is 24.1 Å². The molecule has 5 heteroatoms. The van der Waals surface area contributed by atoms with Gasteiger partial charge in [0, 0.05) is 18.0 Å². The normalized spacial score (nSPS) is 12.3. The van der Waals surface area contributed by atoms with Gasteiger partial charge in [0.1, 0.15) is 5.58 Å². The molecule has 20 heavy (non-hydrogen) atoms. The average Bonchev–Trinajstić information content (AvgIpc) is 2.82. The fraction of sp³-hybridized carbons (Fsp3) is 0.333. The van der Waals surface area contributed by atoms with Crippen molar-refractivity contribution >= 4 is 22.8 Å². The third-order valence-electron chi connectivity index (χ3n) is 3.24. The van der Waals surface area contributed by atoms with Crippen molar-refractivity contribution in [3.05, 3.63) is 36.1 Å². The number of para-hydroxylation sites is 1. The number of carbonyl (C=O) groups excluding carboxylic acids is 1. The summed E-state index contributed by atoms with van der Waals surface area (Å²) in [6.07, 6.45) is -0.0835. The van der Waals surface area contributed by atoms with E-state index in [1.54, 1.807) is 19.1 Å². The van der Waals surface area contributed by atoms with E-state index in [0.29, 0.717) is 12.1 Å². The number of aliphatic carboxylic acids is 1. The molecule has 0 saturated carbocycles. The van der Waals surface area contributed by atoms with Crippen LogP contribution in [0, 0.1) is 0 Å². The lowest BCUT2D eigenvalue weighted by atomic mass is 10.2. The summed E-state index contributed by atoms with van der Waals surface area (Å²) in [5, 5.41) is 9.69. The monoisotopic (exact) mass is 275 g/mol. The molecule has 0 aliphatic carbocycles. The van der Waals surface area contributed by atoms with Crippen molar-refractivity contribution in [2.45, 2.75) is 26.3 Å². The summed E-state index contributed by atoms with van der Waals surface area (Å²) in [6.45, 7) is 3.97. The molecule has 1 heterocycles. The fourth-order valence-electron chi connectivity index (χ4n) is 2.25. The van der Waals surface area contributed by atoms with Gasteiger partial charge in [-0.25, -0.2) is 0 Å². The maximum atomic E-state index is 12.4. The average molecular weight is 275 g/mol. The van der Waals surface area contributed by atoms with Gasteiger partial charge in [-0.15, -0.1) is 0 Å². The van der Waals surface area contributed by atoms with Gasteiger partial charge < -0.3 is 14.4 Å². The number of carbonyl (C=O) groups is 2. The zero-order valence-electron chi connectivity index (χ0n) is 11.5. The van der Waals surface area contributed by atoms with Crippen LogP contribution < -0.4 is 0 Å². The molecule has 0 aliphatic heterocycles. The van der Waals surface area contributed by atoms with Crippen LogP contribution in [0.5, 0.6) is 0 Å². The van der Waals surface area contributed by atoms with E-state index in [1.165, 1.54) is 4.90 Å². The molecule has 0 spiro atoms. The summed E-state index contributed by atoms with van der Waals surface area (Å²) in [7, 11) is 0. The van der Waals surface area contributed by atoms with Crippen LogP contribution >= 0.6 is 0 Å². The second kappa shape index (κ2) is 5.77. The maximum absolute atomic E-state index is 12.4. The van der Waals surface area contributed by atoms with Crippen molar-refractivity contribution in [2.24, 2.45) is 0 Å². The number of furan rings is 1. The molecule has 1 aromatic carbocycles. The fourth-order valence-corrected chi connectivity index (χ4v) is 2.25.